The van der Waals surface area contributed by atoms with Gasteiger partial charge in [-0.05, 0) is 41.8 Å². The van der Waals surface area contributed by atoms with Crippen LogP contribution in [0.15, 0.2) is 42.5 Å². The van der Waals surface area contributed by atoms with Crippen molar-refractivity contribution in [3.05, 3.63) is 69.3 Å². The molecule has 22 heavy (non-hydrogen) atoms. The van der Waals surface area contributed by atoms with Crippen LogP contribution in [-0.4, -0.2) is 12.0 Å². The summed E-state index contributed by atoms with van der Waals surface area (Å²) in [4.78, 5) is 10.4. The Labute approximate surface area is 128 Å². The van der Waals surface area contributed by atoms with E-state index in [0.29, 0.717) is 11.1 Å². The third kappa shape index (κ3) is 3.30. The number of aryl methyl sites for hydroxylation is 1. The molecule has 0 aliphatic rings. The smallest absolute Gasteiger partial charge is 0.270 e. The maximum absolute atomic E-state index is 10.8. The first-order chi connectivity index (χ1) is 10.5. The average Bonchev–Trinajstić information content (AvgIpc) is 2.53. The summed E-state index contributed by atoms with van der Waals surface area (Å²) in [7, 11) is 1.59. The van der Waals surface area contributed by atoms with E-state index in [0.717, 1.165) is 16.9 Å². The highest BCUT2D eigenvalue weighted by Crippen LogP contribution is 2.24. The van der Waals surface area contributed by atoms with Crippen LogP contribution in [-0.2, 0) is 0 Å². The SMILES string of the molecule is COc1ccc(/C=C(/C#N)c2cccc([N+](=O)[O-])c2)c(C)c1. The molecule has 0 heterocycles. The molecule has 0 radical (unpaired) electrons. The zero-order chi connectivity index (χ0) is 16.1. The van der Waals surface area contributed by atoms with E-state index in [1.165, 1.54) is 12.1 Å². The molecule has 0 amide bonds. The van der Waals surface area contributed by atoms with E-state index < -0.39 is 4.92 Å². The van der Waals surface area contributed by atoms with E-state index in [-0.39, 0.29) is 5.69 Å². The molecule has 2 rings (SSSR count). The Bertz CT molecular complexity index is 789. The largest absolute Gasteiger partial charge is 0.497 e. The quantitative estimate of drug-likeness (QED) is 0.370. The lowest BCUT2D eigenvalue weighted by atomic mass is 10.0. The van der Waals surface area contributed by atoms with Crippen LogP contribution in [0.5, 0.6) is 5.75 Å². The number of nitro benzene ring substituents is 1. The number of benzene rings is 2. The summed E-state index contributed by atoms with van der Waals surface area (Å²) in [5.41, 5.74) is 2.68. The number of nitriles is 1. The fraction of sp³-hybridized carbons (Fsp3) is 0.118. The Kier molecular flexibility index (Phi) is 4.54. The number of hydrogen-bond donors (Lipinski definition) is 0. The molecule has 0 unspecified atom stereocenters. The van der Waals surface area contributed by atoms with Crippen molar-refractivity contribution in [1.29, 1.82) is 5.26 Å². The molecule has 5 nitrogen and oxygen atoms in total. The van der Waals surface area contributed by atoms with E-state index in [9.17, 15) is 15.4 Å². The maximum atomic E-state index is 10.8. The van der Waals surface area contributed by atoms with Crippen molar-refractivity contribution in [3.63, 3.8) is 0 Å². The van der Waals surface area contributed by atoms with Crippen LogP contribution >= 0.6 is 0 Å². The van der Waals surface area contributed by atoms with Crippen molar-refractivity contribution < 1.29 is 9.66 Å². The molecular weight excluding hydrogens is 280 g/mol. The Morgan fingerprint density at radius 3 is 2.68 bits per heavy atom. The molecule has 0 bridgehead atoms. The lowest BCUT2D eigenvalue weighted by Crippen LogP contribution is -1.90. The molecule has 0 aromatic heterocycles. The van der Waals surface area contributed by atoms with E-state index in [4.69, 9.17) is 4.74 Å². The predicted molar refractivity (Wildman–Crippen MR) is 84.3 cm³/mol. The van der Waals surface area contributed by atoms with Crippen molar-refractivity contribution in [2.45, 2.75) is 6.92 Å². The second kappa shape index (κ2) is 6.55. The zero-order valence-electron chi connectivity index (χ0n) is 12.2. The first-order valence-electron chi connectivity index (χ1n) is 6.56. The van der Waals surface area contributed by atoms with E-state index in [1.807, 2.05) is 19.1 Å². The maximum Gasteiger partial charge on any atom is 0.270 e. The number of rotatable bonds is 4. The van der Waals surface area contributed by atoms with Crippen LogP contribution in [0.25, 0.3) is 11.6 Å². The first-order valence-corrected chi connectivity index (χ1v) is 6.56. The molecule has 5 heteroatoms. The number of allylic oxidation sites excluding steroid dienone is 1. The van der Waals surface area contributed by atoms with Gasteiger partial charge in [-0.1, -0.05) is 18.2 Å². The van der Waals surface area contributed by atoms with Gasteiger partial charge in [0.05, 0.1) is 23.7 Å². The van der Waals surface area contributed by atoms with Crippen molar-refractivity contribution >= 4 is 17.3 Å². The van der Waals surface area contributed by atoms with Gasteiger partial charge in [-0.15, -0.1) is 0 Å². The van der Waals surface area contributed by atoms with Gasteiger partial charge in [0.2, 0.25) is 0 Å². The van der Waals surface area contributed by atoms with Crippen LogP contribution in [0, 0.1) is 28.4 Å². The lowest BCUT2D eigenvalue weighted by Gasteiger charge is -2.05. The van der Waals surface area contributed by atoms with Crippen LogP contribution < -0.4 is 4.74 Å². The standard InChI is InChI=1S/C17H14N2O3/c1-12-8-17(22-2)7-6-13(12)9-15(11-18)14-4-3-5-16(10-14)19(20)21/h3-10H,1-2H3/b15-9-. The predicted octanol–water partition coefficient (Wildman–Crippen LogP) is 3.98. The summed E-state index contributed by atoms with van der Waals surface area (Å²) in [5, 5.41) is 20.2. The van der Waals surface area contributed by atoms with Gasteiger partial charge in [0.1, 0.15) is 5.75 Å². The minimum absolute atomic E-state index is 0.0369. The van der Waals surface area contributed by atoms with Gasteiger partial charge >= 0.3 is 0 Å². The molecule has 0 saturated carbocycles. The third-order valence-corrected chi connectivity index (χ3v) is 3.27. The fourth-order valence-corrected chi connectivity index (χ4v) is 2.06. The highest BCUT2D eigenvalue weighted by atomic mass is 16.6. The molecule has 110 valence electrons. The third-order valence-electron chi connectivity index (χ3n) is 3.27. The summed E-state index contributed by atoms with van der Waals surface area (Å²) in [6.45, 7) is 1.91. The van der Waals surface area contributed by atoms with Gasteiger partial charge in [0.25, 0.3) is 5.69 Å². The number of nitrogens with zero attached hydrogens (tertiary/aromatic N) is 2. The number of nitro groups is 1. The molecule has 0 spiro atoms. The number of hydrogen-bond acceptors (Lipinski definition) is 4. The average molecular weight is 294 g/mol. The normalized spacial score (nSPS) is 10.9. The topological polar surface area (TPSA) is 76.2 Å². The highest BCUT2D eigenvalue weighted by Gasteiger charge is 2.09. The van der Waals surface area contributed by atoms with Crippen molar-refractivity contribution in [2.75, 3.05) is 7.11 Å². The van der Waals surface area contributed by atoms with Crippen LogP contribution in [0.3, 0.4) is 0 Å². The lowest BCUT2D eigenvalue weighted by molar-refractivity contribution is -0.384. The zero-order valence-corrected chi connectivity index (χ0v) is 12.2. The molecule has 0 fully saturated rings. The minimum Gasteiger partial charge on any atom is -0.497 e. The number of methoxy groups -OCH3 is 1. The highest BCUT2D eigenvalue weighted by molar-refractivity contribution is 5.90. The second-order valence-electron chi connectivity index (χ2n) is 4.70. The Balaban J connectivity index is 2.46. The summed E-state index contributed by atoms with van der Waals surface area (Å²) < 4.78 is 5.15. The van der Waals surface area contributed by atoms with E-state index in [1.54, 1.807) is 31.4 Å². The van der Waals surface area contributed by atoms with Gasteiger partial charge in [-0.3, -0.25) is 10.1 Å². The summed E-state index contributed by atoms with van der Waals surface area (Å²) >= 11 is 0. The molecule has 0 aliphatic carbocycles. The van der Waals surface area contributed by atoms with E-state index >= 15 is 0 Å². The number of ether oxygens (including phenoxy) is 1. The summed E-state index contributed by atoms with van der Waals surface area (Å²) in [6, 6.07) is 13.7. The number of non-ortho nitro benzene ring substituents is 1. The minimum atomic E-state index is -0.475. The van der Waals surface area contributed by atoms with E-state index in [2.05, 4.69) is 6.07 Å². The monoisotopic (exact) mass is 294 g/mol. The fourth-order valence-electron chi connectivity index (χ4n) is 2.06. The molecule has 2 aromatic rings. The molecule has 0 aliphatic heterocycles. The van der Waals surface area contributed by atoms with Gasteiger partial charge in [0.15, 0.2) is 0 Å². The van der Waals surface area contributed by atoms with Gasteiger partial charge < -0.3 is 4.74 Å². The molecule has 0 saturated heterocycles. The molecular formula is C17H14N2O3. The molecule has 0 atom stereocenters. The summed E-state index contributed by atoms with van der Waals surface area (Å²) in [6.07, 6.45) is 1.72. The summed E-state index contributed by atoms with van der Waals surface area (Å²) in [5.74, 6) is 0.739. The van der Waals surface area contributed by atoms with Crippen LogP contribution in [0.4, 0.5) is 5.69 Å². The van der Waals surface area contributed by atoms with Gasteiger partial charge in [-0.2, -0.15) is 5.26 Å². The van der Waals surface area contributed by atoms with Crippen molar-refractivity contribution in [1.82, 2.24) is 0 Å². The Hall–Kier alpha value is -3.13. The second-order valence-corrected chi connectivity index (χ2v) is 4.70. The van der Waals surface area contributed by atoms with Crippen LogP contribution in [0.1, 0.15) is 16.7 Å². The molecule has 2 aromatic carbocycles. The molecule has 0 N–H and O–H groups in total. The van der Waals surface area contributed by atoms with Crippen LogP contribution in [0.2, 0.25) is 0 Å². The first kappa shape index (κ1) is 15.3. The Morgan fingerprint density at radius 1 is 1.32 bits per heavy atom. The van der Waals surface area contributed by atoms with Crippen molar-refractivity contribution in [3.8, 4) is 11.8 Å². The van der Waals surface area contributed by atoms with Crippen molar-refractivity contribution in [2.24, 2.45) is 0 Å². The van der Waals surface area contributed by atoms with Gasteiger partial charge in [-0.25, -0.2) is 0 Å². The van der Waals surface area contributed by atoms with Gasteiger partial charge in [0, 0.05) is 12.1 Å². The Morgan fingerprint density at radius 2 is 2.09 bits per heavy atom.